The molecule has 94 valence electrons. The Balaban J connectivity index is 2.09. The van der Waals surface area contributed by atoms with Crippen LogP contribution >= 0.6 is 0 Å². The number of halogens is 1. The maximum absolute atomic E-state index is 13.6. The van der Waals surface area contributed by atoms with Crippen LogP contribution in [-0.2, 0) is 23.1 Å². The van der Waals surface area contributed by atoms with Gasteiger partial charge in [-0.25, -0.2) is 4.39 Å². The van der Waals surface area contributed by atoms with Gasteiger partial charge in [-0.15, -0.1) is 0 Å². The van der Waals surface area contributed by atoms with Gasteiger partial charge in [0, 0.05) is 28.2 Å². The first kappa shape index (κ1) is 12.7. The van der Waals surface area contributed by atoms with Crippen LogP contribution < -0.4 is 5.73 Å². The number of benzene rings is 1. The summed E-state index contributed by atoms with van der Waals surface area (Å²) in [5, 5.41) is 0.260. The van der Waals surface area contributed by atoms with E-state index in [4.69, 9.17) is 5.73 Å². The highest BCUT2D eigenvalue weighted by atomic mass is 32.2. The molecule has 4 heteroatoms. The minimum absolute atomic E-state index is 0.260. The Labute approximate surface area is 104 Å². The fourth-order valence-electron chi connectivity index (χ4n) is 2.29. The molecule has 1 atom stereocenters. The number of nitrogens with two attached hydrogens (primary N) is 1. The van der Waals surface area contributed by atoms with Gasteiger partial charge in [-0.3, -0.25) is 4.21 Å². The van der Waals surface area contributed by atoms with Crippen molar-refractivity contribution in [1.82, 2.24) is 0 Å². The zero-order valence-electron chi connectivity index (χ0n) is 9.82. The normalized spacial score (nSPS) is 18.5. The van der Waals surface area contributed by atoms with Gasteiger partial charge in [-0.05, 0) is 24.5 Å². The van der Waals surface area contributed by atoms with Crippen molar-refractivity contribution in [2.75, 3.05) is 0 Å². The van der Waals surface area contributed by atoms with Crippen LogP contribution in [-0.4, -0.2) is 9.46 Å². The average molecular weight is 255 g/mol. The molecule has 1 unspecified atom stereocenters. The molecule has 1 aromatic carbocycles. The second-order valence-electron chi connectivity index (χ2n) is 4.56. The van der Waals surface area contributed by atoms with E-state index in [1.54, 1.807) is 12.1 Å². The Bertz CT molecular complexity index is 416. The van der Waals surface area contributed by atoms with E-state index in [0.29, 0.717) is 17.9 Å². The fraction of sp³-hybridized carbons (Fsp3) is 0.538. The van der Waals surface area contributed by atoms with Gasteiger partial charge >= 0.3 is 0 Å². The standard InChI is InChI=1S/C13H18FNOS/c14-13-6-5-10(8-15)7-11(13)9-17(16)12-3-1-2-4-12/h5-7,12H,1-4,8-9,15H2. The molecule has 2 N–H and O–H groups in total. The zero-order chi connectivity index (χ0) is 12.3. The van der Waals surface area contributed by atoms with Gasteiger partial charge in [0.05, 0.1) is 5.75 Å². The molecule has 17 heavy (non-hydrogen) atoms. The Kier molecular flexibility index (Phi) is 4.29. The largest absolute Gasteiger partial charge is 0.326 e. The third kappa shape index (κ3) is 3.13. The molecule has 0 bridgehead atoms. The van der Waals surface area contributed by atoms with Gasteiger partial charge in [0.2, 0.25) is 0 Å². The van der Waals surface area contributed by atoms with Crippen LogP contribution in [0.25, 0.3) is 0 Å². The lowest BCUT2D eigenvalue weighted by Crippen LogP contribution is -2.13. The van der Waals surface area contributed by atoms with Crippen LogP contribution in [0.2, 0.25) is 0 Å². The van der Waals surface area contributed by atoms with Crippen LogP contribution in [0.15, 0.2) is 18.2 Å². The molecule has 0 amide bonds. The van der Waals surface area contributed by atoms with E-state index in [0.717, 1.165) is 31.2 Å². The van der Waals surface area contributed by atoms with E-state index in [-0.39, 0.29) is 11.1 Å². The molecule has 0 radical (unpaired) electrons. The second kappa shape index (κ2) is 5.74. The molecule has 0 saturated heterocycles. The Morgan fingerprint density at radius 3 is 2.71 bits per heavy atom. The highest BCUT2D eigenvalue weighted by Crippen LogP contribution is 2.25. The summed E-state index contributed by atoms with van der Waals surface area (Å²) in [5.41, 5.74) is 6.96. The summed E-state index contributed by atoms with van der Waals surface area (Å²) in [4.78, 5) is 0. The van der Waals surface area contributed by atoms with Crippen molar-refractivity contribution < 1.29 is 8.60 Å². The molecule has 0 heterocycles. The first-order valence-corrected chi connectivity index (χ1v) is 7.43. The number of hydrogen-bond donors (Lipinski definition) is 1. The van der Waals surface area contributed by atoms with Crippen molar-refractivity contribution in [2.45, 2.75) is 43.2 Å². The van der Waals surface area contributed by atoms with Crippen LogP contribution in [0, 0.1) is 5.82 Å². The van der Waals surface area contributed by atoms with E-state index in [2.05, 4.69) is 0 Å². The number of rotatable bonds is 4. The molecule has 2 nitrogen and oxygen atoms in total. The van der Waals surface area contributed by atoms with E-state index in [1.807, 2.05) is 0 Å². The Hall–Kier alpha value is -0.740. The van der Waals surface area contributed by atoms with Crippen molar-refractivity contribution in [3.63, 3.8) is 0 Å². The molecule has 1 aromatic rings. The van der Waals surface area contributed by atoms with E-state index in [1.165, 1.54) is 6.07 Å². The summed E-state index contributed by atoms with van der Waals surface area (Å²) >= 11 is 0. The van der Waals surface area contributed by atoms with E-state index >= 15 is 0 Å². The maximum Gasteiger partial charge on any atom is 0.127 e. The van der Waals surface area contributed by atoms with Crippen molar-refractivity contribution in [3.05, 3.63) is 35.1 Å². The fourth-order valence-corrected chi connectivity index (χ4v) is 3.91. The minimum atomic E-state index is -0.948. The summed E-state index contributed by atoms with van der Waals surface area (Å²) in [5.74, 6) is 0.0539. The topological polar surface area (TPSA) is 43.1 Å². The van der Waals surface area contributed by atoms with Crippen LogP contribution in [0.5, 0.6) is 0 Å². The molecule has 0 aromatic heterocycles. The highest BCUT2D eigenvalue weighted by molar-refractivity contribution is 7.84. The molecule has 0 spiro atoms. The monoisotopic (exact) mass is 255 g/mol. The van der Waals surface area contributed by atoms with E-state index in [9.17, 15) is 8.60 Å². The molecular formula is C13H18FNOS. The summed E-state index contributed by atoms with van der Waals surface area (Å²) in [6, 6.07) is 4.84. The molecule has 1 aliphatic carbocycles. The average Bonchev–Trinajstić information content (AvgIpc) is 2.85. The minimum Gasteiger partial charge on any atom is -0.326 e. The molecule has 1 saturated carbocycles. The van der Waals surface area contributed by atoms with Crippen molar-refractivity contribution >= 4 is 10.8 Å². The second-order valence-corrected chi connectivity index (χ2v) is 6.28. The first-order chi connectivity index (χ1) is 8.20. The van der Waals surface area contributed by atoms with Gasteiger partial charge < -0.3 is 5.73 Å². The van der Waals surface area contributed by atoms with Gasteiger partial charge in [0.15, 0.2) is 0 Å². The molecule has 2 rings (SSSR count). The quantitative estimate of drug-likeness (QED) is 0.898. The number of hydrogen-bond acceptors (Lipinski definition) is 2. The summed E-state index contributed by atoms with van der Waals surface area (Å²) < 4.78 is 25.7. The smallest absolute Gasteiger partial charge is 0.127 e. The van der Waals surface area contributed by atoms with E-state index < -0.39 is 10.8 Å². The van der Waals surface area contributed by atoms with Crippen molar-refractivity contribution in [3.8, 4) is 0 Å². The SMILES string of the molecule is NCc1ccc(F)c(CS(=O)C2CCCC2)c1. The first-order valence-electron chi connectivity index (χ1n) is 6.05. The Morgan fingerprint density at radius 2 is 2.06 bits per heavy atom. The van der Waals surface area contributed by atoms with Crippen LogP contribution in [0.4, 0.5) is 4.39 Å². The highest BCUT2D eigenvalue weighted by Gasteiger charge is 2.22. The summed E-state index contributed by atoms with van der Waals surface area (Å²) in [7, 11) is -0.948. The summed E-state index contributed by atoms with van der Waals surface area (Å²) in [6.45, 7) is 0.392. The predicted molar refractivity (Wildman–Crippen MR) is 68.4 cm³/mol. The van der Waals surface area contributed by atoms with Crippen LogP contribution in [0.3, 0.4) is 0 Å². The van der Waals surface area contributed by atoms with Crippen LogP contribution in [0.1, 0.15) is 36.8 Å². The maximum atomic E-state index is 13.6. The van der Waals surface area contributed by atoms with Gasteiger partial charge in [0.1, 0.15) is 5.82 Å². The lowest BCUT2D eigenvalue weighted by molar-refractivity contribution is 0.613. The molecule has 1 aliphatic rings. The lowest BCUT2D eigenvalue weighted by atomic mass is 10.1. The molecule has 1 fully saturated rings. The predicted octanol–water partition coefficient (Wildman–Crippen LogP) is 2.48. The zero-order valence-corrected chi connectivity index (χ0v) is 10.6. The van der Waals surface area contributed by atoms with Gasteiger partial charge in [0.25, 0.3) is 0 Å². The molecular weight excluding hydrogens is 237 g/mol. The molecule has 0 aliphatic heterocycles. The third-order valence-electron chi connectivity index (χ3n) is 3.32. The van der Waals surface area contributed by atoms with Crippen molar-refractivity contribution in [1.29, 1.82) is 0 Å². The Morgan fingerprint density at radius 1 is 1.35 bits per heavy atom. The van der Waals surface area contributed by atoms with Gasteiger partial charge in [-0.2, -0.15) is 0 Å². The third-order valence-corrected chi connectivity index (χ3v) is 5.13. The van der Waals surface area contributed by atoms with Gasteiger partial charge in [-0.1, -0.05) is 25.0 Å². The summed E-state index contributed by atoms with van der Waals surface area (Å²) in [6.07, 6.45) is 4.35. The van der Waals surface area contributed by atoms with Crippen molar-refractivity contribution in [2.24, 2.45) is 5.73 Å². The lowest BCUT2D eigenvalue weighted by Gasteiger charge is -2.10.